The Hall–Kier alpha value is -1.59. The Bertz CT molecular complexity index is 663. The molecule has 1 saturated heterocycles. The number of thiophene rings is 1. The molecule has 2 aromatic rings. The van der Waals surface area contributed by atoms with Crippen LogP contribution in [0.15, 0.2) is 28.0 Å². The molecule has 124 valence electrons. The van der Waals surface area contributed by atoms with Gasteiger partial charge >= 0.3 is 0 Å². The Morgan fingerprint density at radius 1 is 1.48 bits per heavy atom. The van der Waals surface area contributed by atoms with Crippen molar-refractivity contribution < 1.29 is 9.21 Å². The molecule has 0 spiro atoms. The van der Waals surface area contributed by atoms with Gasteiger partial charge in [0.1, 0.15) is 11.5 Å². The van der Waals surface area contributed by atoms with Gasteiger partial charge in [-0.15, -0.1) is 11.3 Å². The molecule has 1 N–H and O–H groups in total. The molecule has 3 heterocycles. The molecule has 0 unspecified atom stereocenters. The Balaban J connectivity index is 1.68. The summed E-state index contributed by atoms with van der Waals surface area (Å²) in [5.41, 5.74) is 0.652. The summed E-state index contributed by atoms with van der Waals surface area (Å²) in [6, 6.07) is 6.52. The van der Waals surface area contributed by atoms with Gasteiger partial charge in [0.2, 0.25) is 0 Å². The van der Waals surface area contributed by atoms with Crippen molar-refractivity contribution in [2.45, 2.75) is 32.7 Å². The van der Waals surface area contributed by atoms with Gasteiger partial charge in [0, 0.05) is 17.5 Å². The molecule has 4 nitrogen and oxygen atoms in total. The van der Waals surface area contributed by atoms with Crippen LogP contribution in [-0.2, 0) is 0 Å². The minimum atomic E-state index is -0.0301. The number of piperidine rings is 1. The van der Waals surface area contributed by atoms with E-state index in [0.717, 1.165) is 18.7 Å². The lowest BCUT2D eigenvalue weighted by molar-refractivity contribution is 0.0894. The second-order valence-electron chi connectivity index (χ2n) is 6.38. The van der Waals surface area contributed by atoms with Gasteiger partial charge in [0.05, 0.1) is 5.56 Å². The van der Waals surface area contributed by atoms with Crippen molar-refractivity contribution in [3.8, 4) is 0 Å². The molecule has 1 aliphatic rings. The van der Waals surface area contributed by atoms with Gasteiger partial charge in [-0.3, -0.25) is 9.69 Å². The third-order valence-corrected chi connectivity index (χ3v) is 5.60. The van der Waals surface area contributed by atoms with Gasteiger partial charge in [-0.2, -0.15) is 0 Å². The molecule has 2 aromatic heterocycles. The zero-order valence-corrected chi connectivity index (χ0v) is 14.8. The SMILES string of the molecule is Cc1cc(C(=O)NC[C@@H]2CCCN(C)[C@@H]2c2cccs2)c(C)o1. The lowest BCUT2D eigenvalue weighted by Crippen LogP contribution is -2.41. The number of carbonyl (C=O) groups excluding carboxylic acids is 1. The van der Waals surface area contributed by atoms with E-state index in [1.54, 1.807) is 11.3 Å². The Morgan fingerprint density at radius 2 is 2.30 bits per heavy atom. The first-order chi connectivity index (χ1) is 11.1. The fourth-order valence-electron chi connectivity index (χ4n) is 3.56. The standard InChI is InChI=1S/C18H24N2O2S/c1-12-10-15(13(2)22-12)18(21)19-11-14-6-4-8-20(3)17(14)16-7-5-9-23-16/h5,7,9-10,14,17H,4,6,8,11H2,1-3H3,(H,19,21)/t14-,17-/m0/s1. The number of hydrogen-bond acceptors (Lipinski definition) is 4. The number of likely N-dealkylation sites (tertiary alicyclic amines) is 1. The van der Waals surface area contributed by atoms with Gasteiger partial charge < -0.3 is 9.73 Å². The summed E-state index contributed by atoms with van der Waals surface area (Å²) in [7, 11) is 2.18. The average molecular weight is 332 g/mol. The lowest BCUT2D eigenvalue weighted by atomic mass is 9.88. The number of aryl methyl sites for hydroxylation is 2. The van der Waals surface area contributed by atoms with Gasteiger partial charge in [0.15, 0.2) is 0 Å². The number of nitrogens with one attached hydrogen (secondary N) is 1. The number of carbonyl (C=O) groups is 1. The fourth-order valence-corrected chi connectivity index (χ4v) is 4.54. The first-order valence-electron chi connectivity index (χ1n) is 8.15. The Morgan fingerprint density at radius 3 is 2.96 bits per heavy atom. The fraction of sp³-hybridized carbons (Fsp3) is 0.500. The van der Waals surface area contributed by atoms with Crippen LogP contribution in [0.5, 0.6) is 0 Å². The molecule has 5 heteroatoms. The molecule has 0 bridgehead atoms. The van der Waals surface area contributed by atoms with E-state index in [0.29, 0.717) is 29.8 Å². The quantitative estimate of drug-likeness (QED) is 0.927. The lowest BCUT2D eigenvalue weighted by Gasteiger charge is -2.38. The van der Waals surface area contributed by atoms with Gasteiger partial charge in [-0.1, -0.05) is 6.07 Å². The van der Waals surface area contributed by atoms with Crippen LogP contribution in [0, 0.1) is 19.8 Å². The summed E-state index contributed by atoms with van der Waals surface area (Å²) in [4.78, 5) is 16.2. The highest BCUT2D eigenvalue weighted by atomic mass is 32.1. The molecule has 0 aliphatic carbocycles. The highest BCUT2D eigenvalue weighted by molar-refractivity contribution is 7.10. The second kappa shape index (κ2) is 6.89. The molecular formula is C18H24N2O2S. The van der Waals surface area contributed by atoms with E-state index in [1.165, 1.54) is 11.3 Å². The van der Waals surface area contributed by atoms with Crippen molar-refractivity contribution >= 4 is 17.2 Å². The maximum absolute atomic E-state index is 12.4. The normalized spacial score (nSPS) is 22.2. The number of rotatable bonds is 4. The zero-order valence-electron chi connectivity index (χ0n) is 14.0. The van der Waals surface area contributed by atoms with Crippen LogP contribution in [0.25, 0.3) is 0 Å². The highest BCUT2D eigenvalue weighted by Crippen LogP contribution is 2.36. The van der Waals surface area contributed by atoms with Crippen molar-refractivity contribution in [2.24, 2.45) is 5.92 Å². The highest BCUT2D eigenvalue weighted by Gasteiger charge is 2.31. The van der Waals surface area contributed by atoms with Crippen LogP contribution in [0.1, 0.15) is 45.6 Å². The van der Waals surface area contributed by atoms with E-state index >= 15 is 0 Å². The number of hydrogen-bond donors (Lipinski definition) is 1. The molecule has 1 aliphatic heterocycles. The number of furan rings is 1. The van der Waals surface area contributed by atoms with Crippen molar-refractivity contribution in [1.82, 2.24) is 10.2 Å². The van der Waals surface area contributed by atoms with Gasteiger partial charge in [-0.25, -0.2) is 0 Å². The van der Waals surface area contributed by atoms with Crippen LogP contribution in [0.3, 0.4) is 0 Å². The van der Waals surface area contributed by atoms with Crippen LogP contribution in [0.4, 0.5) is 0 Å². The molecule has 1 amide bonds. The van der Waals surface area contributed by atoms with Crippen LogP contribution in [0.2, 0.25) is 0 Å². The van der Waals surface area contributed by atoms with E-state index in [2.05, 4.69) is 34.8 Å². The van der Waals surface area contributed by atoms with Crippen molar-refractivity contribution in [3.05, 3.63) is 45.5 Å². The first-order valence-corrected chi connectivity index (χ1v) is 9.03. The summed E-state index contributed by atoms with van der Waals surface area (Å²) in [6.07, 6.45) is 2.33. The van der Waals surface area contributed by atoms with Crippen LogP contribution < -0.4 is 5.32 Å². The Labute approximate surface area is 141 Å². The molecular weight excluding hydrogens is 308 g/mol. The van der Waals surface area contributed by atoms with E-state index in [9.17, 15) is 4.79 Å². The Kier molecular flexibility index (Phi) is 4.87. The number of nitrogens with zero attached hydrogens (tertiary/aromatic N) is 1. The molecule has 0 aromatic carbocycles. The summed E-state index contributed by atoms with van der Waals surface area (Å²) in [5.74, 6) is 1.89. The molecule has 0 saturated carbocycles. The summed E-state index contributed by atoms with van der Waals surface area (Å²) >= 11 is 1.80. The first kappa shape index (κ1) is 16.3. The molecule has 2 atom stereocenters. The predicted molar refractivity (Wildman–Crippen MR) is 92.9 cm³/mol. The maximum atomic E-state index is 12.4. The van der Waals surface area contributed by atoms with Gasteiger partial charge in [-0.05, 0) is 63.7 Å². The van der Waals surface area contributed by atoms with Crippen molar-refractivity contribution in [3.63, 3.8) is 0 Å². The van der Waals surface area contributed by atoms with Crippen LogP contribution in [-0.4, -0.2) is 30.9 Å². The summed E-state index contributed by atoms with van der Waals surface area (Å²) < 4.78 is 5.46. The third kappa shape index (κ3) is 3.51. The van der Waals surface area contributed by atoms with Crippen molar-refractivity contribution in [1.29, 1.82) is 0 Å². The van der Waals surface area contributed by atoms with Crippen molar-refractivity contribution in [2.75, 3.05) is 20.1 Å². The number of amides is 1. The second-order valence-corrected chi connectivity index (χ2v) is 7.36. The van der Waals surface area contributed by atoms with E-state index < -0.39 is 0 Å². The summed E-state index contributed by atoms with van der Waals surface area (Å²) in [5, 5.41) is 5.24. The van der Waals surface area contributed by atoms with E-state index in [4.69, 9.17) is 4.42 Å². The smallest absolute Gasteiger partial charge is 0.254 e. The van der Waals surface area contributed by atoms with Crippen LogP contribution >= 0.6 is 11.3 Å². The average Bonchev–Trinajstić information content (AvgIpc) is 3.14. The van der Waals surface area contributed by atoms with E-state index in [-0.39, 0.29) is 5.91 Å². The topological polar surface area (TPSA) is 45.5 Å². The summed E-state index contributed by atoms with van der Waals surface area (Å²) in [6.45, 7) is 5.53. The van der Waals surface area contributed by atoms with Gasteiger partial charge in [0.25, 0.3) is 5.91 Å². The third-order valence-electron chi connectivity index (χ3n) is 4.65. The maximum Gasteiger partial charge on any atom is 0.254 e. The molecule has 23 heavy (non-hydrogen) atoms. The minimum absolute atomic E-state index is 0.0301. The van der Waals surface area contributed by atoms with E-state index in [1.807, 2.05) is 19.9 Å². The monoisotopic (exact) mass is 332 g/mol. The minimum Gasteiger partial charge on any atom is -0.466 e. The predicted octanol–water partition coefficient (Wildman–Crippen LogP) is 3.77. The molecule has 3 rings (SSSR count). The molecule has 1 fully saturated rings. The zero-order chi connectivity index (χ0) is 16.4. The largest absolute Gasteiger partial charge is 0.466 e. The molecule has 0 radical (unpaired) electrons.